The Morgan fingerprint density at radius 1 is 1.19 bits per heavy atom. The van der Waals surface area contributed by atoms with Gasteiger partial charge in [-0.15, -0.1) is 0 Å². The van der Waals surface area contributed by atoms with E-state index in [0.717, 1.165) is 16.6 Å². The number of nitro groups is 1. The summed E-state index contributed by atoms with van der Waals surface area (Å²) in [4.78, 5) is 10.3. The molecule has 2 aromatic rings. The molecule has 0 saturated carbocycles. The minimum absolute atomic E-state index is 0.0768. The van der Waals surface area contributed by atoms with E-state index < -0.39 is 4.92 Å². The van der Waals surface area contributed by atoms with Crippen LogP contribution in [0.4, 0.5) is 11.4 Å². The highest BCUT2D eigenvalue weighted by Gasteiger charge is 2.11. The Bertz CT molecular complexity index is 645. The first-order valence-corrected chi connectivity index (χ1v) is 7.99. The third-order valence-electron chi connectivity index (χ3n) is 3.02. The fourth-order valence-corrected chi connectivity index (χ4v) is 2.77. The molecule has 0 aliphatic rings. The van der Waals surface area contributed by atoms with Crippen molar-refractivity contribution in [1.29, 1.82) is 0 Å². The third-order valence-corrected chi connectivity index (χ3v) is 4.21. The van der Waals surface area contributed by atoms with Gasteiger partial charge in [0.15, 0.2) is 0 Å². The number of rotatable bonds is 5. The second-order valence-electron chi connectivity index (χ2n) is 4.80. The summed E-state index contributed by atoms with van der Waals surface area (Å²) in [5.74, 6) is 0. The van der Waals surface area contributed by atoms with E-state index in [4.69, 9.17) is 0 Å². The van der Waals surface area contributed by atoms with Gasteiger partial charge in [-0.2, -0.15) is 0 Å². The van der Waals surface area contributed by atoms with E-state index in [1.54, 1.807) is 6.07 Å². The van der Waals surface area contributed by atoms with Crippen LogP contribution in [-0.4, -0.2) is 11.0 Å². The highest BCUT2D eigenvalue weighted by Crippen LogP contribution is 2.28. The maximum atomic E-state index is 10.7. The average molecular weight is 414 g/mol. The van der Waals surface area contributed by atoms with Crippen molar-refractivity contribution in [3.8, 4) is 0 Å². The second-order valence-corrected chi connectivity index (χ2v) is 6.57. The number of nitrogens with zero attached hydrogens (tertiary/aromatic N) is 1. The van der Waals surface area contributed by atoms with Gasteiger partial charge in [-0.05, 0) is 53.0 Å². The molecule has 0 bridgehead atoms. The second kappa shape index (κ2) is 7.04. The van der Waals surface area contributed by atoms with Crippen molar-refractivity contribution in [2.24, 2.45) is 0 Å². The summed E-state index contributed by atoms with van der Waals surface area (Å²) in [5.41, 5.74) is 2.16. The molecule has 1 atom stereocenters. The number of nitrogens with one attached hydrogen (secondary N) is 1. The summed E-state index contributed by atoms with van der Waals surface area (Å²) in [6, 6.07) is 13.1. The first kappa shape index (κ1) is 16.0. The van der Waals surface area contributed by atoms with Crippen molar-refractivity contribution >= 4 is 43.2 Å². The topological polar surface area (TPSA) is 55.2 Å². The highest BCUT2D eigenvalue weighted by atomic mass is 79.9. The molecule has 6 heteroatoms. The van der Waals surface area contributed by atoms with E-state index >= 15 is 0 Å². The van der Waals surface area contributed by atoms with E-state index in [9.17, 15) is 10.1 Å². The van der Waals surface area contributed by atoms with Crippen molar-refractivity contribution in [2.75, 3.05) is 5.32 Å². The fourth-order valence-electron chi connectivity index (χ4n) is 2.03. The monoisotopic (exact) mass is 412 g/mol. The predicted octanol–water partition coefficient (Wildman–Crippen LogP) is 5.16. The molecule has 21 heavy (non-hydrogen) atoms. The van der Waals surface area contributed by atoms with Crippen LogP contribution in [0.25, 0.3) is 0 Å². The SMILES string of the molecule is CC(Cc1ccc(Br)cc1)Nc1ccc([N+](=O)[O-])cc1Br. The first-order chi connectivity index (χ1) is 9.95. The summed E-state index contributed by atoms with van der Waals surface area (Å²) < 4.78 is 1.75. The molecule has 2 aromatic carbocycles. The number of hydrogen-bond acceptors (Lipinski definition) is 3. The van der Waals surface area contributed by atoms with Gasteiger partial charge < -0.3 is 5.32 Å². The van der Waals surface area contributed by atoms with Gasteiger partial charge >= 0.3 is 0 Å². The smallest absolute Gasteiger partial charge is 0.270 e. The maximum Gasteiger partial charge on any atom is 0.270 e. The van der Waals surface area contributed by atoms with Gasteiger partial charge in [0.05, 0.1) is 4.92 Å². The molecule has 0 saturated heterocycles. The van der Waals surface area contributed by atoms with Crippen LogP contribution in [0.3, 0.4) is 0 Å². The van der Waals surface area contributed by atoms with Gasteiger partial charge in [0.25, 0.3) is 5.69 Å². The molecule has 2 rings (SSSR count). The molecule has 0 aromatic heterocycles. The van der Waals surface area contributed by atoms with Gasteiger partial charge in [-0.25, -0.2) is 0 Å². The standard InChI is InChI=1S/C15H14Br2N2O2/c1-10(8-11-2-4-12(16)5-3-11)18-15-7-6-13(19(20)21)9-14(15)17/h2-7,9-10,18H,8H2,1H3. The molecule has 1 unspecified atom stereocenters. The lowest BCUT2D eigenvalue weighted by Gasteiger charge is -2.16. The summed E-state index contributed by atoms with van der Waals surface area (Å²) in [6.45, 7) is 2.08. The van der Waals surface area contributed by atoms with Gasteiger partial charge in [0.2, 0.25) is 0 Å². The maximum absolute atomic E-state index is 10.7. The van der Waals surface area contributed by atoms with E-state index in [1.165, 1.54) is 17.7 Å². The van der Waals surface area contributed by atoms with Gasteiger partial charge in [-0.1, -0.05) is 28.1 Å². The van der Waals surface area contributed by atoms with Gasteiger partial charge in [0, 0.05) is 32.8 Å². The van der Waals surface area contributed by atoms with Crippen molar-refractivity contribution in [1.82, 2.24) is 0 Å². The van der Waals surface area contributed by atoms with Crippen LogP contribution in [0.5, 0.6) is 0 Å². The summed E-state index contributed by atoms with van der Waals surface area (Å²) in [6.07, 6.45) is 0.872. The van der Waals surface area contributed by atoms with E-state index in [1.807, 2.05) is 12.1 Å². The van der Waals surface area contributed by atoms with E-state index in [0.29, 0.717) is 4.47 Å². The van der Waals surface area contributed by atoms with Crippen molar-refractivity contribution in [3.63, 3.8) is 0 Å². The molecule has 0 spiro atoms. The number of non-ortho nitro benzene ring substituents is 1. The molecule has 4 nitrogen and oxygen atoms in total. The molecule has 0 fully saturated rings. The van der Waals surface area contributed by atoms with E-state index in [2.05, 4.69) is 56.2 Å². The zero-order valence-corrected chi connectivity index (χ0v) is 14.5. The van der Waals surface area contributed by atoms with Crippen LogP contribution in [-0.2, 0) is 6.42 Å². The number of nitro benzene ring substituents is 1. The van der Waals surface area contributed by atoms with Crippen LogP contribution in [0, 0.1) is 10.1 Å². The molecule has 0 aliphatic heterocycles. The Hall–Kier alpha value is -1.40. The first-order valence-electron chi connectivity index (χ1n) is 6.40. The number of anilines is 1. The highest BCUT2D eigenvalue weighted by molar-refractivity contribution is 9.10. The molecular formula is C15H14Br2N2O2. The lowest BCUT2D eigenvalue weighted by atomic mass is 10.1. The predicted molar refractivity (Wildman–Crippen MR) is 91.7 cm³/mol. The van der Waals surface area contributed by atoms with E-state index in [-0.39, 0.29) is 11.7 Å². The molecule has 0 aliphatic carbocycles. The molecule has 0 amide bonds. The molecule has 1 N–H and O–H groups in total. The number of hydrogen-bond donors (Lipinski definition) is 1. The minimum Gasteiger partial charge on any atom is -0.381 e. The number of benzene rings is 2. The minimum atomic E-state index is -0.403. The molecule has 110 valence electrons. The lowest BCUT2D eigenvalue weighted by Crippen LogP contribution is -2.18. The molecular weight excluding hydrogens is 400 g/mol. The summed E-state index contributed by atoms with van der Waals surface area (Å²) >= 11 is 6.78. The Labute approximate surface area is 140 Å². The Morgan fingerprint density at radius 2 is 1.86 bits per heavy atom. The molecule has 0 heterocycles. The largest absolute Gasteiger partial charge is 0.381 e. The van der Waals surface area contributed by atoms with Crippen molar-refractivity contribution < 1.29 is 4.92 Å². The summed E-state index contributed by atoms with van der Waals surface area (Å²) in [5, 5.41) is 14.1. The van der Waals surface area contributed by atoms with Crippen LogP contribution in [0.1, 0.15) is 12.5 Å². The lowest BCUT2D eigenvalue weighted by molar-refractivity contribution is -0.384. The third kappa shape index (κ3) is 4.54. The Kier molecular flexibility index (Phi) is 5.36. The van der Waals surface area contributed by atoms with Gasteiger partial charge in [0.1, 0.15) is 0 Å². The zero-order chi connectivity index (χ0) is 15.4. The Balaban J connectivity index is 2.04. The Morgan fingerprint density at radius 3 is 2.43 bits per heavy atom. The van der Waals surface area contributed by atoms with Gasteiger partial charge in [-0.3, -0.25) is 10.1 Å². The summed E-state index contributed by atoms with van der Waals surface area (Å²) in [7, 11) is 0. The van der Waals surface area contributed by atoms with Crippen molar-refractivity contribution in [3.05, 3.63) is 67.1 Å². The van der Waals surface area contributed by atoms with Crippen molar-refractivity contribution in [2.45, 2.75) is 19.4 Å². The fraction of sp³-hybridized carbons (Fsp3) is 0.200. The van der Waals surface area contributed by atoms with Crippen LogP contribution >= 0.6 is 31.9 Å². The zero-order valence-electron chi connectivity index (χ0n) is 11.3. The van der Waals surface area contributed by atoms with Crippen LogP contribution in [0.15, 0.2) is 51.4 Å². The normalized spacial score (nSPS) is 12.0. The quantitative estimate of drug-likeness (QED) is 0.543. The number of halogens is 2. The average Bonchev–Trinajstić information content (AvgIpc) is 2.43. The molecule has 0 radical (unpaired) electrons. The van der Waals surface area contributed by atoms with Crippen LogP contribution in [0.2, 0.25) is 0 Å². The van der Waals surface area contributed by atoms with Crippen LogP contribution < -0.4 is 5.32 Å².